The first-order valence-corrected chi connectivity index (χ1v) is 29.5. The molecule has 1 aliphatic carbocycles. The minimum absolute atomic E-state index is 0.0664. The van der Waals surface area contributed by atoms with Crippen LogP contribution in [0.4, 0.5) is 19.0 Å². The molecular formula is C48H64ClF3N8O19P2. The summed E-state index contributed by atoms with van der Waals surface area (Å²) in [5, 5.41) is 34.7. The highest BCUT2D eigenvalue weighted by molar-refractivity contribution is 7.70. The van der Waals surface area contributed by atoms with Crippen LogP contribution < -0.4 is 9.64 Å². The fourth-order valence-corrected chi connectivity index (χ4v) is 11.2. The second-order valence-electron chi connectivity index (χ2n) is 18.1. The van der Waals surface area contributed by atoms with Crippen LogP contribution in [0.1, 0.15) is 41.9 Å². The van der Waals surface area contributed by atoms with Gasteiger partial charge in [0.2, 0.25) is 11.0 Å². The van der Waals surface area contributed by atoms with Gasteiger partial charge in [-0.15, -0.1) is 5.10 Å². The van der Waals surface area contributed by atoms with Crippen molar-refractivity contribution in [3.8, 4) is 5.75 Å². The van der Waals surface area contributed by atoms with Crippen molar-refractivity contribution in [3.05, 3.63) is 88.3 Å². The SMILES string of the molecule is O=C(CCOCCOCCOCCOCCn1cc(COCCOCCOCCOCCN(c2nc(Cl)nc3c2cnn3[C@@H]2O[C@H](COP(=O)(O)CP(=O)(O)O)[C@@H](O)[C@H]2O)C2CCc3ccccc32)nn1)Oc1c(F)cc(F)cc1F. The second-order valence-corrected chi connectivity index (χ2v) is 22.4. The van der Waals surface area contributed by atoms with Gasteiger partial charge in [0.25, 0.3) is 0 Å². The van der Waals surface area contributed by atoms with Crippen LogP contribution >= 0.6 is 26.8 Å². The van der Waals surface area contributed by atoms with Gasteiger partial charge in [0.15, 0.2) is 29.4 Å². The number of aliphatic hydroxyl groups excluding tert-OH is 2. The molecule has 81 heavy (non-hydrogen) atoms. The van der Waals surface area contributed by atoms with Gasteiger partial charge < -0.3 is 81.7 Å². The molecule has 33 heteroatoms. The number of aliphatic hydroxyl groups is 2. The Kier molecular flexibility index (Phi) is 25.1. The number of nitrogens with zero attached hydrogens (tertiary/aromatic N) is 8. The predicted molar refractivity (Wildman–Crippen MR) is 276 cm³/mol. The van der Waals surface area contributed by atoms with Crippen LogP contribution in [0, 0.1) is 17.5 Å². The molecule has 0 bridgehead atoms. The van der Waals surface area contributed by atoms with Gasteiger partial charge in [0.05, 0.1) is 149 Å². The zero-order valence-electron chi connectivity index (χ0n) is 43.7. The summed E-state index contributed by atoms with van der Waals surface area (Å²) in [5.41, 5.74) is 3.09. The number of rotatable bonds is 38. The fraction of sp³-hybridized carbons (Fsp3) is 0.583. The van der Waals surface area contributed by atoms with Gasteiger partial charge in [-0.25, -0.2) is 22.5 Å². The molecule has 1 aliphatic heterocycles. The molecule has 27 nitrogen and oxygen atoms in total. The number of halogens is 4. The largest absolute Gasteiger partial charge is 0.420 e. The third kappa shape index (κ3) is 20.0. The van der Waals surface area contributed by atoms with E-state index in [-0.39, 0.29) is 63.0 Å². The first-order valence-electron chi connectivity index (χ1n) is 25.6. The molecule has 0 amide bonds. The summed E-state index contributed by atoms with van der Waals surface area (Å²) in [6.45, 7) is 4.55. The molecule has 0 radical (unpaired) electrons. The lowest BCUT2D eigenvalue weighted by Gasteiger charge is -2.31. The Hall–Kier alpha value is -4.66. The number of aromatic nitrogens is 7. The van der Waals surface area contributed by atoms with Gasteiger partial charge in [-0.1, -0.05) is 29.5 Å². The van der Waals surface area contributed by atoms with E-state index < -0.39 is 81.4 Å². The van der Waals surface area contributed by atoms with Gasteiger partial charge in [0, 0.05) is 18.7 Å². The molecule has 2 aromatic carbocycles. The number of ether oxygens (including phenoxy) is 10. The zero-order chi connectivity index (χ0) is 57.8. The summed E-state index contributed by atoms with van der Waals surface area (Å²) in [5.74, 6) is -6.68. The van der Waals surface area contributed by atoms with Crippen LogP contribution in [0.15, 0.2) is 48.8 Å². The number of anilines is 1. The number of hydrogen-bond acceptors (Lipinski definition) is 22. The zero-order valence-corrected chi connectivity index (χ0v) is 46.2. The van der Waals surface area contributed by atoms with Crippen LogP contribution in [0.5, 0.6) is 5.75 Å². The van der Waals surface area contributed by atoms with Gasteiger partial charge >= 0.3 is 21.2 Å². The molecule has 5 N–H and O–H groups in total. The topological polar surface area (TPSA) is 331 Å². The van der Waals surface area contributed by atoms with Crippen molar-refractivity contribution in [1.82, 2.24) is 34.7 Å². The maximum Gasteiger partial charge on any atom is 0.340 e. The molecule has 3 aromatic heterocycles. The molecule has 448 valence electrons. The molecule has 2 unspecified atom stereocenters. The molecule has 4 heterocycles. The lowest BCUT2D eigenvalue weighted by Crippen LogP contribution is -2.34. The van der Waals surface area contributed by atoms with E-state index in [4.69, 9.17) is 68.5 Å². The maximum atomic E-state index is 13.6. The van der Waals surface area contributed by atoms with Crippen LogP contribution in [0.25, 0.3) is 11.0 Å². The summed E-state index contributed by atoms with van der Waals surface area (Å²) in [7, 11) is -9.70. The van der Waals surface area contributed by atoms with E-state index in [0.717, 1.165) is 18.4 Å². The molecule has 0 spiro atoms. The van der Waals surface area contributed by atoms with Crippen molar-refractivity contribution < 1.29 is 104 Å². The molecule has 0 saturated carbocycles. The van der Waals surface area contributed by atoms with Crippen molar-refractivity contribution >= 4 is 49.6 Å². The molecule has 5 aromatic rings. The number of hydrogen-bond donors (Lipinski definition) is 5. The lowest BCUT2D eigenvalue weighted by atomic mass is 10.1. The predicted octanol–water partition coefficient (Wildman–Crippen LogP) is 3.27. The quantitative estimate of drug-likeness (QED) is 0.0124. The van der Waals surface area contributed by atoms with Crippen molar-refractivity contribution in [2.75, 3.05) is 123 Å². The smallest absolute Gasteiger partial charge is 0.340 e. The van der Waals surface area contributed by atoms with E-state index in [2.05, 4.69) is 47.1 Å². The molecular weight excluding hydrogens is 1150 g/mol. The van der Waals surface area contributed by atoms with Crippen LogP contribution in [0.3, 0.4) is 0 Å². The minimum atomic E-state index is -4.91. The summed E-state index contributed by atoms with van der Waals surface area (Å²) in [6.07, 6.45) is -1.48. The molecule has 7 rings (SSSR count). The third-order valence-corrected chi connectivity index (χ3v) is 15.8. The number of carbonyl (C=O) groups is 1. The molecule has 1 fully saturated rings. The van der Waals surface area contributed by atoms with E-state index in [1.807, 2.05) is 12.1 Å². The molecule has 2 aliphatic rings. The summed E-state index contributed by atoms with van der Waals surface area (Å²) >= 11 is 6.54. The standard InChI is InChI=1S/C48H64ClF3N8O19P2/c49-48-54-45(36-27-53-60(46(36)55-48)47-43(63)42(62)40(78-47)30-77-81(67,68)31-80(64,65)66)59(39-6-5-32-3-1-2-4-35(32)39)9-12-71-15-18-74-21-22-75-23-24-76-29-34-28-58(57-56-34)8-11-70-14-17-73-20-19-72-16-13-69-10-7-41(61)79-44-37(51)25-33(50)26-38(44)52/h1-4,25-28,39-40,42-43,47,62-63H,5-24,29-31H2,(H,67,68)(H2,64,65,66)/t39?,40-,42-,43-,47-/m1/s1. The highest BCUT2D eigenvalue weighted by Crippen LogP contribution is 2.55. The number of aryl methyl sites for hydroxylation is 1. The highest BCUT2D eigenvalue weighted by Gasteiger charge is 2.46. The van der Waals surface area contributed by atoms with Gasteiger partial charge in [0.1, 0.15) is 35.6 Å². The first kappa shape index (κ1) is 63.9. The molecule has 1 saturated heterocycles. The van der Waals surface area contributed by atoms with Crippen molar-refractivity contribution in [1.29, 1.82) is 0 Å². The van der Waals surface area contributed by atoms with E-state index in [0.29, 0.717) is 108 Å². The summed E-state index contributed by atoms with van der Waals surface area (Å²) < 4.78 is 127. The Balaban J connectivity index is 0.715. The monoisotopic (exact) mass is 1210 g/mol. The number of carbonyl (C=O) groups excluding carboxylic acids is 1. The van der Waals surface area contributed by atoms with E-state index in [1.54, 1.807) is 10.9 Å². The van der Waals surface area contributed by atoms with E-state index >= 15 is 0 Å². The Morgan fingerprint density at radius 1 is 0.790 bits per heavy atom. The van der Waals surface area contributed by atoms with E-state index in [9.17, 15) is 42.2 Å². The average molecular weight is 1210 g/mol. The van der Waals surface area contributed by atoms with Crippen LogP contribution in [0.2, 0.25) is 5.28 Å². The summed E-state index contributed by atoms with van der Waals surface area (Å²) in [6, 6.07) is 8.77. The van der Waals surface area contributed by atoms with E-state index in [1.165, 1.54) is 16.4 Å². The number of fused-ring (bicyclic) bond motifs is 2. The van der Waals surface area contributed by atoms with Crippen molar-refractivity contribution in [3.63, 3.8) is 0 Å². The Bertz CT molecular complexity index is 2860. The Morgan fingerprint density at radius 3 is 2.05 bits per heavy atom. The minimum Gasteiger partial charge on any atom is -0.420 e. The summed E-state index contributed by atoms with van der Waals surface area (Å²) in [4.78, 5) is 51.0. The van der Waals surface area contributed by atoms with Gasteiger partial charge in [-0.05, 0) is 35.6 Å². The lowest BCUT2D eigenvalue weighted by molar-refractivity contribution is -0.136. The van der Waals surface area contributed by atoms with Crippen molar-refractivity contribution in [2.24, 2.45) is 0 Å². The van der Waals surface area contributed by atoms with Crippen LogP contribution in [-0.2, 0) is 80.7 Å². The van der Waals surface area contributed by atoms with Gasteiger partial charge in [-0.2, -0.15) is 15.1 Å². The number of benzene rings is 2. The Labute approximate surface area is 467 Å². The average Bonchev–Trinajstić information content (AvgIpc) is 4.32. The fourth-order valence-electron chi connectivity index (χ4n) is 8.47. The molecule has 6 atom stereocenters. The van der Waals surface area contributed by atoms with Crippen LogP contribution in [-0.4, -0.2) is 202 Å². The second kappa shape index (κ2) is 31.8. The Morgan fingerprint density at radius 2 is 1.40 bits per heavy atom. The first-order chi connectivity index (χ1) is 39.0. The normalized spacial score (nSPS) is 18.9. The number of esters is 1. The van der Waals surface area contributed by atoms with Crippen molar-refractivity contribution in [2.45, 2.75) is 63.0 Å². The third-order valence-electron chi connectivity index (χ3n) is 12.2. The maximum absolute atomic E-state index is 13.6. The highest BCUT2D eigenvalue weighted by atomic mass is 35.5. The van der Waals surface area contributed by atoms with Gasteiger partial charge in [-0.3, -0.25) is 13.9 Å².